The number of carbonyl (C=O) groups is 3. The number of carbonyl (C=O) groups excluding carboxylic acids is 3. The Labute approximate surface area is 189 Å². The fourth-order valence-corrected chi connectivity index (χ4v) is 3.98. The standard InChI is InChI=1S/C25H32N4O3/c1-17-6-4-8-20(14-17)16-23(26-19(3)30)24(31)27-21-10-12-29(13-11-21)25(32)28-22-9-5-7-18(2)15-22/h4-9,14-15,21,23H,10-13,16H2,1-3H3,(H,26,30)(H,27,31)(H,28,32). The highest BCUT2D eigenvalue weighted by Crippen LogP contribution is 2.15. The summed E-state index contributed by atoms with van der Waals surface area (Å²) in [6.07, 6.45) is 1.78. The van der Waals surface area contributed by atoms with E-state index in [9.17, 15) is 14.4 Å². The zero-order chi connectivity index (χ0) is 23.1. The minimum atomic E-state index is -0.628. The van der Waals surface area contributed by atoms with Gasteiger partial charge < -0.3 is 20.9 Å². The number of rotatable bonds is 6. The molecule has 170 valence electrons. The molecule has 7 heteroatoms. The molecule has 0 spiro atoms. The van der Waals surface area contributed by atoms with Crippen LogP contribution in [0, 0.1) is 13.8 Å². The summed E-state index contributed by atoms with van der Waals surface area (Å²) in [4.78, 5) is 38.9. The number of nitrogens with zero attached hydrogens (tertiary/aromatic N) is 1. The van der Waals surface area contributed by atoms with Crippen LogP contribution in [-0.2, 0) is 16.0 Å². The van der Waals surface area contributed by atoms with Crippen molar-refractivity contribution < 1.29 is 14.4 Å². The van der Waals surface area contributed by atoms with E-state index in [4.69, 9.17) is 0 Å². The van der Waals surface area contributed by atoms with Crippen LogP contribution in [0.4, 0.5) is 10.5 Å². The van der Waals surface area contributed by atoms with Crippen LogP contribution in [0.15, 0.2) is 48.5 Å². The molecule has 1 aliphatic heterocycles. The number of hydrogen-bond donors (Lipinski definition) is 3. The number of aryl methyl sites for hydroxylation is 2. The number of hydrogen-bond acceptors (Lipinski definition) is 3. The Balaban J connectivity index is 1.52. The first-order valence-corrected chi connectivity index (χ1v) is 11.1. The first-order valence-electron chi connectivity index (χ1n) is 11.1. The van der Waals surface area contributed by atoms with Gasteiger partial charge in [0.15, 0.2) is 0 Å². The highest BCUT2D eigenvalue weighted by Gasteiger charge is 2.27. The van der Waals surface area contributed by atoms with Crippen molar-refractivity contribution in [2.24, 2.45) is 0 Å². The second-order valence-corrected chi connectivity index (χ2v) is 8.52. The predicted octanol–water partition coefficient (Wildman–Crippen LogP) is 3.16. The maximum absolute atomic E-state index is 12.9. The molecule has 0 aliphatic carbocycles. The summed E-state index contributed by atoms with van der Waals surface area (Å²) in [6.45, 7) is 6.52. The fraction of sp³-hybridized carbons (Fsp3) is 0.400. The molecule has 7 nitrogen and oxygen atoms in total. The zero-order valence-corrected chi connectivity index (χ0v) is 19.0. The van der Waals surface area contributed by atoms with Gasteiger partial charge in [0.25, 0.3) is 0 Å². The van der Waals surface area contributed by atoms with Crippen LogP contribution in [0.5, 0.6) is 0 Å². The largest absolute Gasteiger partial charge is 0.351 e. The topological polar surface area (TPSA) is 90.5 Å². The van der Waals surface area contributed by atoms with Gasteiger partial charge in [-0.3, -0.25) is 9.59 Å². The lowest BCUT2D eigenvalue weighted by molar-refractivity contribution is -0.128. The SMILES string of the molecule is CC(=O)NC(Cc1cccc(C)c1)C(=O)NC1CCN(C(=O)Nc2cccc(C)c2)CC1. The number of urea groups is 1. The van der Waals surface area contributed by atoms with Gasteiger partial charge in [0, 0.05) is 38.2 Å². The Morgan fingerprint density at radius 3 is 2.28 bits per heavy atom. The molecular weight excluding hydrogens is 404 g/mol. The molecule has 1 fully saturated rings. The maximum atomic E-state index is 12.9. The monoisotopic (exact) mass is 436 g/mol. The van der Waals surface area contributed by atoms with Crippen LogP contribution in [0.3, 0.4) is 0 Å². The minimum absolute atomic E-state index is 0.0284. The van der Waals surface area contributed by atoms with Crippen LogP contribution in [0.1, 0.15) is 36.5 Å². The number of piperidine rings is 1. The number of likely N-dealkylation sites (tertiary alicyclic amines) is 1. The zero-order valence-electron chi connectivity index (χ0n) is 19.0. The molecule has 1 unspecified atom stereocenters. The third kappa shape index (κ3) is 6.83. The summed E-state index contributed by atoms with van der Waals surface area (Å²) in [5.41, 5.74) is 3.98. The summed E-state index contributed by atoms with van der Waals surface area (Å²) < 4.78 is 0. The molecule has 1 atom stereocenters. The van der Waals surface area contributed by atoms with E-state index in [-0.39, 0.29) is 23.9 Å². The Kier molecular flexibility index (Phi) is 7.87. The van der Waals surface area contributed by atoms with E-state index in [1.54, 1.807) is 4.90 Å². The van der Waals surface area contributed by atoms with E-state index < -0.39 is 6.04 Å². The fourth-order valence-electron chi connectivity index (χ4n) is 3.98. The lowest BCUT2D eigenvalue weighted by atomic mass is 10.0. The smallest absolute Gasteiger partial charge is 0.321 e. The molecule has 1 heterocycles. The third-order valence-electron chi connectivity index (χ3n) is 5.61. The van der Waals surface area contributed by atoms with Crippen LogP contribution in [-0.4, -0.2) is 47.9 Å². The molecule has 4 amide bonds. The molecule has 0 aromatic heterocycles. The molecule has 3 rings (SSSR count). The van der Waals surface area contributed by atoms with Crippen molar-refractivity contribution >= 4 is 23.5 Å². The molecule has 0 saturated carbocycles. The molecule has 0 radical (unpaired) electrons. The summed E-state index contributed by atoms with van der Waals surface area (Å²) >= 11 is 0. The van der Waals surface area contributed by atoms with Gasteiger partial charge in [0.2, 0.25) is 11.8 Å². The van der Waals surface area contributed by atoms with E-state index >= 15 is 0 Å². The van der Waals surface area contributed by atoms with Crippen molar-refractivity contribution in [3.8, 4) is 0 Å². The van der Waals surface area contributed by atoms with Gasteiger partial charge in [-0.05, 0) is 49.9 Å². The summed E-state index contributed by atoms with van der Waals surface area (Å²) in [6, 6.07) is 14.8. The lowest BCUT2D eigenvalue weighted by Crippen LogP contribution is -2.53. The Morgan fingerprint density at radius 2 is 1.66 bits per heavy atom. The first-order chi connectivity index (χ1) is 15.3. The average Bonchev–Trinajstić information content (AvgIpc) is 2.73. The number of benzene rings is 2. The van der Waals surface area contributed by atoms with Gasteiger partial charge in [0.1, 0.15) is 6.04 Å². The molecule has 3 N–H and O–H groups in total. The van der Waals surface area contributed by atoms with Crippen molar-refractivity contribution in [3.05, 3.63) is 65.2 Å². The van der Waals surface area contributed by atoms with Crippen LogP contribution >= 0.6 is 0 Å². The van der Waals surface area contributed by atoms with Crippen molar-refractivity contribution in [2.45, 2.75) is 52.1 Å². The molecule has 0 bridgehead atoms. The number of anilines is 1. The number of amides is 4. The molecule has 1 saturated heterocycles. The van der Waals surface area contributed by atoms with E-state index in [1.807, 2.05) is 62.4 Å². The predicted molar refractivity (Wildman–Crippen MR) is 125 cm³/mol. The van der Waals surface area contributed by atoms with E-state index in [0.717, 1.165) is 22.4 Å². The summed E-state index contributed by atoms with van der Waals surface area (Å²) in [5, 5.41) is 8.77. The van der Waals surface area contributed by atoms with E-state index in [1.165, 1.54) is 6.92 Å². The van der Waals surface area contributed by atoms with Gasteiger partial charge >= 0.3 is 6.03 Å². The lowest BCUT2D eigenvalue weighted by Gasteiger charge is -2.33. The molecular formula is C25H32N4O3. The maximum Gasteiger partial charge on any atom is 0.321 e. The Bertz CT molecular complexity index is 967. The van der Waals surface area contributed by atoms with Gasteiger partial charge in [-0.2, -0.15) is 0 Å². The Hall–Kier alpha value is -3.35. The summed E-state index contributed by atoms with van der Waals surface area (Å²) in [7, 11) is 0. The third-order valence-corrected chi connectivity index (χ3v) is 5.61. The molecule has 2 aromatic rings. The van der Waals surface area contributed by atoms with Gasteiger partial charge in [0.05, 0.1) is 0 Å². The molecule has 2 aromatic carbocycles. The highest BCUT2D eigenvalue weighted by atomic mass is 16.2. The van der Waals surface area contributed by atoms with Crippen molar-refractivity contribution in [1.82, 2.24) is 15.5 Å². The highest BCUT2D eigenvalue weighted by molar-refractivity contribution is 5.89. The van der Waals surface area contributed by atoms with Crippen molar-refractivity contribution in [3.63, 3.8) is 0 Å². The van der Waals surface area contributed by atoms with Gasteiger partial charge in [-0.15, -0.1) is 0 Å². The normalized spacial score (nSPS) is 15.0. The van der Waals surface area contributed by atoms with Crippen molar-refractivity contribution in [1.29, 1.82) is 0 Å². The van der Waals surface area contributed by atoms with Crippen molar-refractivity contribution in [2.75, 3.05) is 18.4 Å². The average molecular weight is 437 g/mol. The minimum Gasteiger partial charge on any atom is -0.351 e. The Morgan fingerprint density at radius 1 is 1.00 bits per heavy atom. The molecule has 32 heavy (non-hydrogen) atoms. The second kappa shape index (κ2) is 10.8. The van der Waals surface area contributed by atoms with Gasteiger partial charge in [-0.25, -0.2) is 4.79 Å². The quantitative estimate of drug-likeness (QED) is 0.650. The number of nitrogens with one attached hydrogen (secondary N) is 3. The van der Waals surface area contributed by atoms with Crippen LogP contribution in [0.25, 0.3) is 0 Å². The van der Waals surface area contributed by atoms with Gasteiger partial charge in [-0.1, -0.05) is 42.0 Å². The van der Waals surface area contributed by atoms with Crippen LogP contribution < -0.4 is 16.0 Å². The first kappa shape index (κ1) is 23.3. The van der Waals surface area contributed by atoms with E-state index in [2.05, 4.69) is 16.0 Å². The van der Waals surface area contributed by atoms with Crippen LogP contribution in [0.2, 0.25) is 0 Å². The molecule has 1 aliphatic rings. The summed E-state index contributed by atoms with van der Waals surface area (Å²) in [5.74, 6) is -0.426. The van der Waals surface area contributed by atoms with E-state index in [0.29, 0.717) is 32.4 Å². The second-order valence-electron chi connectivity index (χ2n) is 8.52.